The summed E-state index contributed by atoms with van der Waals surface area (Å²) in [5.41, 5.74) is 0. The van der Waals surface area contributed by atoms with Gasteiger partial charge in [0, 0.05) is 47.9 Å². The fourth-order valence-corrected chi connectivity index (χ4v) is 3.99. The van der Waals surface area contributed by atoms with E-state index in [1.807, 2.05) is 0 Å². The zero-order valence-electron chi connectivity index (χ0n) is 18.3. The molecule has 0 radical (unpaired) electrons. The summed E-state index contributed by atoms with van der Waals surface area (Å²) in [5.74, 6) is -4.22. The van der Waals surface area contributed by atoms with Crippen LogP contribution in [0.5, 0.6) is 0 Å². The van der Waals surface area contributed by atoms with Gasteiger partial charge in [-0.2, -0.15) is 0 Å². The molecule has 1 fully saturated rings. The number of hydrogen-bond donors (Lipinski definition) is 0. The molecule has 0 aromatic heterocycles. The molecular formula is C18H27O12P. The first-order valence-corrected chi connectivity index (χ1v) is 11.7. The quantitative estimate of drug-likeness (QED) is 0.292. The molecule has 1 rings (SSSR count). The van der Waals surface area contributed by atoms with Crippen LogP contribution in [0.2, 0.25) is 0 Å². The van der Waals surface area contributed by atoms with Gasteiger partial charge in [-0.05, 0) is 0 Å². The molecule has 176 valence electrons. The molecule has 0 bridgehead atoms. The summed E-state index contributed by atoms with van der Waals surface area (Å²) in [4.78, 5) is 58.8. The summed E-state index contributed by atoms with van der Waals surface area (Å²) in [6, 6.07) is 0. The van der Waals surface area contributed by atoms with Crippen LogP contribution in [0.3, 0.4) is 0 Å². The highest BCUT2D eigenvalue weighted by molar-refractivity contribution is 7.57. The summed E-state index contributed by atoms with van der Waals surface area (Å²) in [6.07, 6.45) is -9.12. The fraction of sp³-hybridized carbons (Fsp3) is 0.722. The molecule has 13 heteroatoms. The second-order valence-corrected chi connectivity index (χ2v) is 9.91. The minimum atomic E-state index is -3.34. The van der Waals surface area contributed by atoms with E-state index >= 15 is 0 Å². The first kappa shape index (κ1) is 26.6. The van der Waals surface area contributed by atoms with Crippen LogP contribution in [0.1, 0.15) is 34.6 Å². The standard InChI is InChI=1S/C18H27O12P/c1-8(19)25-13-14(26-9(2)20)16(28-11(4)22)18(30-31(6,7)24)17(29-12(5)23)15(13)27-10(3)21/h13-18H,1-7H3/t13?,14-,15?,16?,17+,18-/m1/s1. The number of carbonyl (C=O) groups excluding carboxylic acids is 5. The average Bonchev–Trinajstić information content (AvgIpc) is 2.54. The van der Waals surface area contributed by atoms with E-state index in [0.717, 1.165) is 34.6 Å². The smallest absolute Gasteiger partial charge is 0.303 e. The minimum absolute atomic E-state index is 0.841. The van der Waals surface area contributed by atoms with Gasteiger partial charge >= 0.3 is 29.8 Å². The lowest BCUT2D eigenvalue weighted by Crippen LogP contribution is -2.68. The summed E-state index contributed by atoms with van der Waals surface area (Å²) >= 11 is 0. The van der Waals surface area contributed by atoms with Crippen LogP contribution in [0.15, 0.2) is 0 Å². The van der Waals surface area contributed by atoms with Gasteiger partial charge in [0.15, 0.2) is 37.9 Å². The Bertz CT molecular complexity index is 728. The van der Waals surface area contributed by atoms with Crippen molar-refractivity contribution < 1.29 is 56.7 Å². The highest BCUT2D eigenvalue weighted by Crippen LogP contribution is 2.45. The van der Waals surface area contributed by atoms with Crippen LogP contribution in [-0.2, 0) is 56.7 Å². The van der Waals surface area contributed by atoms with Gasteiger partial charge < -0.3 is 28.2 Å². The zero-order chi connectivity index (χ0) is 24.1. The third-order valence-corrected chi connectivity index (χ3v) is 4.58. The van der Waals surface area contributed by atoms with E-state index in [0.29, 0.717) is 0 Å². The maximum absolute atomic E-state index is 12.5. The second-order valence-electron chi connectivity index (χ2n) is 7.19. The summed E-state index contributed by atoms with van der Waals surface area (Å²) in [6.45, 7) is 7.76. The van der Waals surface area contributed by atoms with Crippen molar-refractivity contribution in [3.05, 3.63) is 0 Å². The van der Waals surface area contributed by atoms with Crippen LogP contribution < -0.4 is 0 Å². The van der Waals surface area contributed by atoms with Gasteiger partial charge in [0.1, 0.15) is 6.10 Å². The molecule has 0 aliphatic heterocycles. The van der Waals surface area contributed by atoms with Crippen molar-refractivity contribution >= 4 is 37.2 Å². The largest absolute Gasteiger partial charge is 0.455 e. The van der Waals surface area contributed by atoms with Crippen LogP contribution in [0.4, 0.5) is 0 Å². The molecule has 0 aromatic carbocycles. The molecule has 3 unspecified atom stereocenters. The molecular weight excluding hydrogens is 439 g/mol. The highest BCUT2D eigenvalue weighted by atomic mass is 31.2. The fourth-order valence-electron chi connectivity index (χ4n) is 3.16. The SMILES string of the molecule is CC(=O)OC1C(OC(C)=O)[C@H](OC(C)=O)[C@H](OP(C)(C)=O)C(OC(C)=O)[C@@H]1OC(C)=O. The predicted octanol–water partition coefficient (Wildman–Crippen LogP) is 0.581. The van der Waals surface area contributed by atoms with Gasteiger partial charge in [0.05, 0.1) is 0 Å². The molecule has 0 amide bonds. The van der Waals surface area contributed by atoms with Crippen molar-refractivity contribution in [1.29, 1.82) is 0 Å². The van der Waals surface area contributed by atoms with Crippen molar-refractivity contribution in [2.45, 2.75) is 71.2 Å². The normalized spacial score (nSPS) is 28.1. The lowest BCUT2D eigenvalue weighted by Gasteiger charge is -2.47. The van der Waals surface area contributed by atoms with Gasteiger partial charge in [-0.15, -0.1) is 0 Å². The first-order chi connectivity index (χ1) is 14.1. The Kier molecular flexibility index (Phi) is 9.19. The number of esters is 5. The Morgan fingerprint density at radius 3 is 0.839 bits per heavy atom. The van der Waals surface area contributed by atoms with E-state index in [-0.39, 0.29) is 0 Å². The lowest BCUT2D eigenvalue weighted by molar-refractivity contribution is -0.251. The molecule has 0 heterocycles. The summed E-state index contributed by atoms with van der Waals surface area (Å²) in [5, 5.41) is 0. The molecule has 12 nitrogen and oxygen atoms in total. The molecule has 6 atom stereocenters. The lowest BCUT2D eigenvalue weighted by atomic mass is 9.83. The predicted molar refractivity (Wildman–Crippen MR) is 102 cm³/mol. The monoisotopic (exact) mass is 466 g/mol. The van der Waals surface area contributed by atoms with Crippen molar-refractivity contribution in [3.63, 3.8) is 0 Å². The van der Waals surface area contributed by atoms with E-state index in [2.05, 4.69) is 0 Å². The maximum atomic E-state index is 12.5. The van der Waals surface area contributed by atoms with Gasteiger partial charge in [-0.3, -0.25) is 28.5 Å². The van der Waals surface area contributed by atoms with Crippen molar-refractivity contribution in [2.24, 2.45) is 0 Å². The van der Waals surface area contributed by atoms with E-state index in [1.54, 1.807) is 0 Å². The molecule has 0 aromatic rings. The van der Waals surface area contributed by atoms with Gasteiger partial charge in [0.25, 0.3) is 0 Å². The van der Waals surface area contributed by atoms with Crippen molar-refractivity contribution in [3.8, 4) is 0 Å². The van der Waals surface area contributed by atoms with E-state index in [4.69, 9.17) is 28.2 Å². The molecule has 1 saturated carbocycles. The Balaban J connectivity index is 3.73. The Morgan fingerprint density at radius 2 is 0.677 bits per heavy atom. The van der Waals surface area contributed by atoms with E-state index in [1.165, 1.54) is 13.3 Å². The summed E-state index contributed by atoms with van der Waals surface area (Å²) < 4.78 is 44.2. The second kappa shape index (κ2) is 10.7. The van der Waals surface area contributed by atoms with E-state index < -0.39 is 73.8 Å². The number of hydrogen-bond acceptors (Lipinski definition) is 12. The minimum Gasteiger partial charge on any atom is -0.455 e. The van der Waals surface area contributed by atoms with E-state index in [9.17, 15) is 28.5 Å². The Hall–Kier alpha value is -2.46. The maximum Gasteiger partial charge on any atom is 0.303 e. The van der Waals surface area contributed by atoms with Crippen LogP contribution in [0.25, 0.3) is 0 Å². The molecule has 1 aliphatic carbocycles. The molecule has 0 N–H and O–H groups in total. The zero-order valence-corrected chi connectivity index (χ0v) is 19.2. The third kappa shape index (κ3) is 8.29. The number of rotatable bonds is 7. The number of carbonyl (C=O) groups is 5. The molecule has 1 aliphatic rings. The average molecular weight is 466 g/mol. The van der Waals surface area contributed by atoms with Crippen LogP contribution in [0, 0.1) is 0 Å². The van der Waals surface area contributed by atoms with Gasteiger partial charge in [-0.25, -0.2) is 0 Å². The van der Waals surface area contributed by atoms with Gasteiger partial charge in [-0.1, -0.05) is 0 Å². The Labute approximate surface area is 179 Å². The first-order valence-electron chi connectivity index (χ1n) is 9.22. The number of ether oxygens (including phenoxy) is 5. The van der Waals surface area contributed by atoms with Crippen LogP contribution >= 0.6 is 7.37 Å². The van der Waals surface area contributed by atoms with Crippen molar-refractivity contribution in [1.82, 2.24) is 0 Å². The summed E-state index contributed by atoms with van der Waals surface area (Å²) in [7, 11) is -3.34. The topological polar surface area (TPSA) is 158 Å². The molecule has 31 heavy (non-hydrogen) atoms. The van der Waals surface area contributed by atoms with Crippen LogP contribution in [-0.4, -0.2) is 79.8 Å². The molecule has 0 spiro atoms. The third-order valence-electron chi connectivity index (χ3n) is 3.83. The van der Waals surface area contributed by atoms with Gasteiger partial charge in [0.2, 0.25) is 0 Å². The molecule has 0 saturated heterocycles. The van der Waals surface area contributed by atoms with Crippen molar-refractivity contribution in [2.75, 3.05) is 13.3 Å². The highest BCUT2D eigenvalue weighted by Gasteiger charge is 2.60. The Morgan fingerprint density at radius 1 is 0.484 bits per heavy atom.